The molecule has 29 heavy (non-hydrogen) atoms. The number of hydrogen-bond acceptors (Lipinski definition) is 9. The van der Waals surface area contributed by atoms with E-state index in [0.717, 1.165) is 31.7 Å². The number of hydrogen-bond donors (Lipinski definition) is 3. The highest BCUT2D eigenvalue weighted by Gasteiger charge is 2.26. The standard InChI is InChI=1S/C19H23N7OS2/c1-9-5-14-11(3)20-17(22-15(14)6-10(9)2)24-18-21-13(7-16(27)23-18)8-28-19-26-25-12(4)29-19/h5-6,13,18,21H,7-8H2,1-4H3,(H,23,27)(H,20,22,24). The van der Waals surface area contributed by atoms with Gasteiger partial charge in [-0.2, -0.15) is 0 Å². The Morgan fingerprint density at radius 3 is 2.72 bits per heavy atom. The smallest absolute Gasteiger partial charge is 0.226 e. The lowest BCUT2D eigenvalue weighted by atomic mass is 10.1. The van der Waals surface area contributed by atoms with Crippen LogP contribution in [0.2, 0.25) is 0 Å². The number of nitrogens with one attached hydrogen (secondary N) is 3. The summed E-state index contributed by atoms with van der Waals surface area (Å²) in [5, 5.41) is 19.7. The molecule has 152 valence electrons. The summed E-state index contributed by atoms with van der Waals surface area (Å²) in [5.41, 5.74) is 4.21. The summed E-state index contributed by atoms with van der Waals surface area (Å²) in [6.45, 7) is 8.07. The van der Waals surface area contributed by atoms with E-state index in [9.17, 15) is 4.79 Å². The van der Waals surface area contributed by atoms with Crippen LogP contribution in [0.3, 0.4) is 0 Å². The lowest BCUT2D eigenvalue weighted by Crippen LogP contribution is -2.60. The van der Waals surface area contributed by atoms with Gasteiger partial charge in [-0.25, -0.2) is 9.97 Å². The van der Waals surface area contributed by atoms with Crippen LogP contribution in [0.4, 0.5) is 5.95 Å². The maximum Gasteiger partial charge on any atom is 0.226 e. The van der Waals surface area contributed by atoms with Crippen molar-refractivity contribution in [2.75, 3.05) is 11.1 Å². The minimum atomic E-state index is -0.429. The zero-order valence-electron chi connectivity index (χ0n) is 16.7. The second-order valence-corrected chi connectivity index (χ2v) is 9.65. The SMILES string of the molecule is Cc1nnc(SCC2CC(=O)NC(Nc3nc(C)c4cc(C)c(C)cc4n3)N2)s1. The van der Waals surface area contributed by atoms with Gasteiger partial charge in [0.05, 0.1) is 11.2 Å². The Hall–Kier alpha value is -2.30. The fourth-order valence-electron chi connectivity index (χ4n) is 3.21. The fourth-order valence-corrected chi connectivity index (χ4v) is 5.08. The van der Waals surface area contributed by atoms with Crippen molar-refractivity contribution in [1.29, 1.82) is 0 Å². The molecule has 2 atom stereocenters. The van der Waals surface area contributed by atoms with Crippen molar-refractivity contribution in [2.45, 2.75) is 50.8 Å². The summed E-state index contributed by atoms with van der Waals surface area (Å²) in [4.78, 5) is 21.4. The van der Waals surface area contributed by atoms with Gasteiger partial charge in [0, 0.05) is 23.6 Å². The normalized spacial score (nSPS) is 19.4. The third kappa shape index (κ3) is 4.65. The average Bonchev–Trinajstić information content (AvgIpc) is 3.07. The van der Waals surface area contributed by atoms with Crippen molar-refractivity contribution in [3.8, 4) is 0 Å². The molecule has 1 fully saturated rings. The molecule has 8 nitrogen and oxygen atoms in total. The van der Waals surface area contributed by atoms with Crippen LogP contribution < -0.4 is 16.0 Å². The van der Waals surface area contributed by atoms with Crippen molar-refractivity contribution >= 4 is 45.9 Å². The monoisotopic (exact) mass is 429 g/mol. The largest absolute Gasteiger partial charge is 0.323 e. The minimum absolute atomic E-state index is 0.00993. The molecule has 1 amide bonds. The number of carbonyl (C=O) groups excluding carboxylic acids is 1. The maximum absolute atomic E-state index is 12.2. The molecule has 0 saturated carbocycles. The molecule has 1 aliphatic rings. The molecule has 2 unspecified atom stereocenters. The van der Waals surface area contributed by atoms with Crippen LogP contribution in [0.5, 0.6) is 0 Å². The number of benzene rings is 1. The first kappa shape index (κ1) is 20.0. The third-order valence-electron chi connectivity index (χ3n) is 4.83. The highest BCUT2D eigenvalue weighted by Crippen LogP contribution is 2.24. The van der Waals surface area contributed by atoms with Crippen LogP contribution in [0.1, 0.15) is 28.2 Å². The van der Waals surface area contributed by atoms with Gasteiger partial charge in [-0.1, -0.05) is 23.1 Å². The van der Waals surface area contributed by atoms with Gasteiger partial charge in [0.1, 0.15) is 5.01 Å². The molecule has 3 N–H and O–H groups in total. The van der Waals surface area contributed by atoms with Gasteiger partial charge in [-0.05, 0) is 51.0 Å². The van der Waals surface area contributed by atoms with Gasteiger partial charge in [0.15, 0.2) is 10.6 Å². The number of nitrogens with zero attached hydrogens (tertiary/aromatic N) is 4. The Morgan fingerprint density at radius 1 is 1.17 bits per heavy atom. The van der Waals surface area contributed by atoms with Crippen molar-refractivity contribution in [1.82, 2.24) is 30.8 Å². The maximum atomic E-state index is 12.2. The van der Waals surface area contributed by atoms with Crippen molar-refractivity contribution in [3.63, 3.8) is 0 Å². The lowest BCUT2D eigenvalue weighted by Gasteiger charge is -2.31. The van der Waals surface area contributed by atoms with Crippen LogP contribution in [0.25, 0.3) is 10.9 Å². The molecule has 4 rings (SSSR count). The lowest BCUT2D eigenvalue weighted by molar-refractivity contribution is -0.123. The molecule has 1 saturated heterocycles. The molecule has 0 bridgehead atoms. The predicted molar refractivity (Wildman–Crippen MR) is 116 cm³/mol. The molecule has 1 aliphatic heterocycles. The zero-order chi connectivity index (χ0) is 20.5. The van der Waals surface area contributed by atoms with Gasteiger partial charge < -0.3 is 10.6 Å². The van der Waals surface area contributed by atoms with Crippen molar-refractivity contribution in [2.24, 2.45) is 0 Å². The number of fused-ring (bicyclic) bond motifs is 1. The second-order valence-electron chi connectivity index (χ2n) is 7.20. The molecular formula is C19H23N7OS2. The van der Waals surface area contributed by atoms with Gasteiger partial charge in [0.25, 0.3) is 0 Å². The molecule has 3 aromatic rings. The van der Waals surface area contributed by atoms with E-state index in [1.807, 2.05) is 13.8 Å². The van der Waals surface area contributed by atoms with E-state index in [1.165, 1.54) is 11.1 Å². The number of thioether (sulfide) groups is 1. The summed E-state index contributed by atoms with van der Waals surface area (Å²) >= 11 is 3.17. The number of anilines is 1. The molecule has 0 aliphatic carbocycles. The first-order chi connectivity index (χ1) is 13.9. The molecule has 0 spiro atoms. The molecule has 10 heteroatoms. The topological polar surface area (TPSA) is 105 Å². The summed E-state index contributed by atoms with van der Waals surface area (Å²) < 4.78 is 0.916. The number of amides is 1. The third-order valence-corrected chi connectivity index (χ3v) is 6.96. The van der Waals surface area contributed by atoms with E-state index in [4.69, 9.17) is 0 Å². The van der Waals surface area contributed by atoms with E-state index in [2.05, 4.69) is 62.1 Å². The first-order valence-corrected chi connectivity index (χ1v) is 11.2. The Balaban J connectivity index is 1.46. The Kier molecular flexibility index (Phi) is 5.66. The first-order valence-electron chi connectivity index (χ1n) is 9.38. The van der Waals surface area contributed by atoms with Crippen LogP contribution >= 0.6 is 23.1 Å². The molecule has 3 heterocycles. The van der Waals surface area contributed by atoms with Crippen LogP contribution in [0.15, 0.2) is 16.5 Å². The fraction of sp³-hybridized carbons (Fsp3) is 0.421. The Labute approximate surface area is 177 Å². The van der Waals surface area contributed by atoms with E-state index in [1.54, 1.807) is 23.1 Å². The van der Waals surface area contributed by atoms with Gasteiger partial charge in [-0.15, -0.1) is 10.2 Å². The highest BCUT2D eigenvalue weighted by atomic mass is 32.2. The molecule has 0 radical (unpaired) electrons. The molecule has 2 aromatic heterocycles. The second kappa shape index (κ2) is 8.21. The van der Waals surface area contributed by atoms with Gasteiger partial charge in [0.2, 0.25) is 11.9 Å². The summed E-state index contributed by atoms with van der Waals surface area (Å²) in [6.07, 6.45) is -0.0135. The molecular weight excluding hydrogens is 406 g/mol. The van der Waals surface area contributed by atoms with E-state index in [0.29, 0.717) is 12.4 Å². The molecule has 1 aromatic carbocycles. The number of carbonyl (C=O) groups is 1. The number of rotatable bonds is 5. The zero-order valence-corrected chi connectivity index (χ0v) is 18.4. The Bertz CT molecular complexity index is 1070. The van der Waals surface area contributed by atoms with E-state index < -0.39 is 6.29 Å². The minimum Gasteiger partial charge on any atom is -0.323 e. The van der Waals surface area contributed by atoms with Crippen LogP contribution in [-0.4, -0.2) is 44.2 Å². The average molecular weight is 430 g/mol. The summed E-state index contributed by atoms with van der Waals surface area (Å²) in [5.74, 6) is 1.21. The van der Waals surface area contributed by atoms with Crippen molar-refractivity contribution in [3.05, 3.63) is 34.0 Å². The van der Waals surface area contributed by atoms with E-state index in [-0.39, 0.29) is 11.9 Å². The number of aryl methyl sites for hydroxylation is 4. The van der Waals surface area contributed by atoms with Crippen LogP contribution in [-0.2, 0) is 4.79 Å². The quantitative estimate of drug-likeness (QED) is 0.532. The summed E-state index contributed by atoms with van der Waals surface area (Å²) in [7, 11) is 0. The van der Waals surface area contributed by atoms with Gasteiger partial charge >= 0.3 is 0 Å². The van der Waals surface area contributed by atoms with Gasteiger partial charge in [-0.3, -0.25) is 10.1 Å². The van der Waals surface area contributed by atoms with E-state index >= 15 is 0 Å². The van der Waals surface area contributed by atoms with Crippen LogP contribution in [0, 0.1) is 27.7 Å². The van der Waals surface area contributed by atoms with Crippen molar-refractivity contribution < 1.29 is 4.79 Å². The number of aromatic nitrogens is 4. The highest BCUT2D eigenvalue weighted by molar-refractivity contribution is 8.01. The predicted octanol–water partition coefficient (Wildman–Crippen LogP) is 2.68. The summed E-state index contributed by atoms with van der Waals surface area (Å²) in [6, 6.07) is 4.20. The Morgan fingerprint density at radius 2 is 1.97 bits per heavy atom.